The Bertz CT molecular complexity index is 1180. The number of nitrogens with zero attached hydrogens (tertiary/aromatic N) is 4. The summed E-state index contributed by atoms with van der Waals surface area (Å²) in [5.74, 6) is -0.125. The number of aromatic nitrogens is 3. The maximum Gasteiger partial charge on any atom is 0.307 e. The molecule has 2 aliphatic carbocycles. The number of nitriles is 1. The Morgan fingerprint density at radius 2 is 1.85 bits per heavy atom. The smallest absolute Gasteiger partial charge is 0.307 e. The number of carboxylic acids is 1. The molecule has 3 aliphatic rings. The number of anilines is 1. The molecule has 2 aromatic heterocycles. The third-order valence-corrected chi connectivity index (χ3v) is 8.23. The van der Waals surface area contributed by atoms with Gasteiger partial charge >= 0.3 is 11.9 Å². The van der Waals surface area contributed by atoms with Crippen molar-refractivity contribution in [1.29, 1.82) is 5.26 Å². The van der Waals surface area contributed by atoms with Gasteiger partial charge in [0.1, 0.15) is 24.5 Å². The quantitative estimate of drug-likeness (QED) is 0.437. The van der Waals surface area contributed by atoms with Crippen LogP contribution in [0.4, 0.5) is 5.82 Å². The van der Waals surface area contributed by atoms with E-state index in [1.165, 1.54) is 32.0 Å². The fourth-order valence-corrected chi connectivity index (χ4v) is 6.07. The number of nitrogens with two attached hydrogens (primary N) is 2. The normalized spacial score (nSPS) is 24.9. The second kappa shape index (κ2) is 12.7. The Hall–Kier alpha value is -3.23. The summed E-state index contributed by atoms with van der Waals surface area (Å²) < 4.78 is 13.1. The second-order valence-corrected chi connectivity index (χ2v) is 11.3. The average molecular weight is 541 g/mol. The van der Waals surface area contributed by atoms with Crippen molar-refractivity contribution < 1.29 is 24.2 Å². The molecule has 1 saturated heterocycles. The number of carbonyl (C=O) groups is 2. The lowest BCUT2D eigenvalue weighted by atomic mass is 9.80. The molecule has 39 heavy (non-hydrogen) atoms. The largest absolute Gasteiger partial charge is 0.481 e. The zero-order valence-corrected chi connectivity index (χ0v) is 22.5. The second-order valence-electron chi connectivity index (χ2n) is 11.3. The minimum Gasteiger partial charge on any atom is -0.481 e. The first-order valence-corrected chi connectivity index (χ1v) is 14.1. The number of carboxylic acid groups (broad SMARTS) is 1. The number of ether oxygens (including phenoxy) is 2. The van der Waals surface area contributed by atoms with Gasteiger partial charge < -0.3 is 26.0 Å². The predicted molar refractivity (Wildman–Crippen MR) is 143 cm³/mol. The molecule has 0 spiro atoms. The predicted octanol–water partition coefficient (Wildman–Crippen LogP) is 3.85. The van der Waals surface area contributed by atoms with E-state index in [1.807, 2.05) is 0 Å². The molecule has 3 fully saturated rings. The topological polar surface area (TPSA) is 179 Å². The Morgan fingerprint density at radius 1 is 1.13 bits per heavy atom. The molecule has 0 radical (unpaired) electrons. The number of fused-ring (bicyclic) bond motifs is 1. The molecule has 2 atom stereocenters. The van der Waals surface area contributed by atoms with Crippen LogP contribution in [0, 0.1) is 17.2 Å². The number of hydrogen-bond acceptors (Lipinski definition) is 9. The minimum atomic E-state index is -1.16. The minimum absolute atomic E-state index is 0.110. The zero-order valence-electron chi connectivity index (χ0n) is 22.5. The van der Waals surface area contributed by atoms with Crippen LogP contribution in [0.3, 0.4) is 0 Å². The number of hydrogen-bond donors (Lipinski definition) is 3. The van der Waals surface area contributed by atoms with Gasteiger partial charge in [0.15, 0.2) is 11.4 Å². The van der Waals surface area contributed by atoms with E-state index in [-0.39, 0.29) is 25.1 Å². The summed E-state index contributed by atoms with van der Waals surface area (Å²) >= 11 is 0. The van der Waals surface area contributed by atoms with E-state index in [9.17, 15) is 14.9 Å². The van der Waals surface area contributed by atoms with E-state index in [2.05, 4.69) is 16.2 Å². The highest BCUT2D eigenvalue weighted by molar-refractivity contribution is 5.71. The van der Waals surface area contributed by atoms with Crippen LogP contribution in [-0.4, -0.2) is 49.9 Å². The summed E-state index contributed by atoms with van der Waals surface area (Å²) in [4.78, 5) is 26.5. The highest BCUT2D eigenvalue weighted by atomic mass is 16.6. The monoisotopic (exact) mass is 540 g/mol. The summed E-state index contributed by atoms with van der Waals surface area (Å²) in [5.41, 5.74) is 11.8. The van der Waals surface area contributed by atoms with Crippen LogP contribution in [-0.2, 0) is 24.7 Å². The molecule has 3 heterocycles. The molecular weight excluding hydrogens is 500 g/mol. The fourth-order valence-electron chi connectivity index (χ4n) is 6.07. The first-order valence-electron chi connectivity index (χ1n) is 14.1. The van der Waals surface area contributed by atoms with Gasteiger partial charge in [-0.25, -0.2) is 9.50 Å². The van der Waals surface area contributed by atoms with Gasteiger partial charge in [-0.2, -0.15) is 10.4 Å². The third kappa shape index (κ3) is 7.25. The molecular formula is C28H40N6O5. The standard InChI is InChI=1S/C20H26N6O3.C8H14O2/c21-12-20(16-5-4-15-18(22)24-13-25-26(15)16)9-6-14(29-20)11-28-17(27)10-19(23)7-2-1-3-8-19;9-8(10)6-7-4-2-1-3-5-7/h4-5,13-14H,1-3,6-11,23H2,(H2,22,24,25);7H,1-6H2,(H,9,10). The molecule has 5 N–H and O–H groups in total. The van der Waals surface area contributed by atoms with E-state index >= 15 is 0 Å². The van der Waals surface area contributed by atoms with Crippen LogP contribution in [0.1, 0.15) is 95.6 Å². The van der Waals surface area contributed by atoms with Crippen molar-refractivity contribution in [2.24, 2.45) is 11.7 Å². The van der Waals surface area contributed by atoms with Gasteiger partial charge in [-0.1, -0.05) is 38.5 Å². The van der Waals surface area contributed by atoms with Gasteiger partial charge in [-0.3, -0.25) is 9.59 Å². The molecule has 11 nitrogen and oxygen atoms in total. The SMILES string of the molecule is N#CC1(c2ccc3c(N)ncnn23)CCC(COC(=O)CC2(N)CCCCC2)O1.O=C(O)CC1CCCCC1. The summed E-state index contributed by atoms with van der Waals surface area (Å²) in [5, 5.41) is 22.5. The fraction of sp³-hybridized carbons (Fsp3) is 0.679. The number of aliphatic carboxylic acids is 1. The zero-order chi connectivity index (χ0) is 27.9. The van der Waals surface area contributed by atoms with E-state index in [0.29, 0.717) is 42.2 Å². The third-order valence-electron chi connectivity index (χ3n) is 8.23. The summed E-state index contributed by atoms with van der Waals surface area (Å²) in [6.45, 7) is 0.110. The number of nitrogen functional groups attached to an aromatic ring is 1. The molecule has 11 heteroatoms. The lowest BCUT2D eigenvalue weighted by molar-refractivity contribution is -0.150. The van der Waals surface area contributed by atoms with Gasteiger partial charge in [-0.05, 0) is 56.6 Å². The number of carbonyl (C=O) groups excluding carboxylic acids is 1. The Balaban J connectivity index is 0.000000298. The maximum atomic E-state index is 12.3. The van der Waals surface area contributed by atoms with E-state index in [1.54, 1.807) is 16.6 Å². The van der Waals surface area contributed by atoms with Crippen molar-refractivity contribution in [2.45, 2.75) is 107 Å². The lowest BCUT2D eigenvalue weighted by Gasteiger charge is -2.32. The molecule has 2 aromatic rings. The van der Waals surface area contributed by atoms with E-state index < -0.39 is 17.1 Å². The first kappa shape index (κ1) is 28.8. The maximum absolute atomic E-state index is 12.3. The van der Waals surface area contributed by atoms with Crippen LogP contribution >= 0.6 is 0 Å². The van der Waals surface area contributed by atoms with Crippen LogP contribution < -0.4 is 11.5 Å². The number of rotatable bonds is 7. The van der Waals surface area contributed by atoms with Crippen LogP contribution in [0.25, 0.3) is 5.52 Å². The molecule has 2 saturated carbocycles. The highest BCUT2D eigenvalue weighted by Gasteiger charge is 2.45. The van der Waals surface area contributed by atoms with Crippen molar-refractivity contribution in [1.82, 2.24) is 14.6 Å². The van der Waals surface area contributed by atoms with Gasteiger partial charge in [0, 0.05) is 12.0 Å². The molecule has 0 amide bonds. The molecule has 2 unspecified atom stereocenters. The van der Waals surface area contributed by atoms with Crippen LogP contribution in [0.2, 0.25) is 0 Å². The van der Waals surface area contributed by atoms with Gasteiger partial charge in [-0.15, -0.1) is 0 Å². The van der Waals surface area contributed by atoms with Gasteiger partial charge in [0.2, 0.25) is 0 Å². The molecule has 0 aromatic carbocycles. The summed E-state index contributed by atoms with van der Waals surface area (Å²) in [6, 6.07) is 5.82. The van der Waals surface area contributed by atoms with Crippen molar-refractivity contribution in [3.8, 4) is 6.07 Å². The average Bonchev–Trinajstić information content (AvgIpc) is 3.54. The Kier molecular flexibility index (Phi) is 9.40. The Labute approximate surface area is 228 Å². The molecule has 0 bridgehead atoms. The lowest BCUT2D eigenvalue weighted by Crippen LogP contribution is -2.44. The van der Waals surface area contributed by atoms with Gasteiger partial charge in [0.05, 0.1) is 18.2 Å². The summed E-state index contributed by atoms with van der Waals surface area (Å²) in [6.07, 6.45) is 13.7. The van der Waals surface area contributed by atoms with Crippen molar-refractivity contribution >= 4 is 23.3 Å². The van der Waals surface area contributed by atoms with E-state index in [0.717, 1.165) is 38.5 Å². The number of esters is 1. The van der Waals surface area contributed by atoms with Crippen molar-refractivity contribution in [3.05, 3.63) is 24.2 Å². The Morgan fingerprint density at radius 3 is 2.54 bits per heavy atom. The van der Waals surface area contributed by atoms with Gasteiger partial charge in [0.25, 0.3) is 0 Å². The highest BCUT2D eigenvalue weighted by Crippen LogP contribution is 2.40. The summed E-state index contributed by atoms with van der Waals surface area (Å²) in [7, 11) is 0. The van der Waals surface area contributed by atoms with Crippen molar-refractivity contribution in [2.75, 3.05) is 12.3 Å². The molecule has 1 aliphatic heterocycles. The molecule has 212 valence electrons. The molecule has 5 rings (SSSR count). The van der Waals surface area contributed by atoms with Crippen molar-refractivity contribution in [3.63, 3.8) is 0 Å². The van der Waals surface area contributed by atoms with Crippen LogP contribution in [0.5, 0.6) is 0 Å². The van der Waals surface area contributed by atoms with Crippen LogP contribution in [0.15, 0.2) is 18.5 Å². The first-order chi connectivity index (χ1) is 18.7. The van der Waals surface area contributed by atoms with E-state index in [4.69, 9.17) is 26.0 Å².